The van der Waals surface area contributed by atoms with E-state index < -0.39 is 0 Å². The van der Waals surface area contributed by atoms with Crippen molar-refractivity contribution < 1.29 is 14.6 Å². The van der Waals surface area contributed by atoms with E-state index in [9.17, 15) is 4.79 Å². The molecule has 5 nitrogen and oxygen atoms in total. The fourth-order valence-electron chi connectivity index (χ4n) is 2.64. The molecule has 0 saturated carbocycles. The van der Waals surface area contributed by atoms with E-state index >= 15 is 0 Å². The largest absolute Gasteiger partial charge is 0.487 e. The van der Waals surface area contributed by atoms with Crippen molar-refractivity contribution in [3.05, 3.63) is 81.5 Å². The summed E-state index contributed by atoms with van der Waals surface area (Å²) in [6.07, 6.45) is 2.93. The number of carbonyl (C=O) groups is 1. The van der Waals surface area contributed by atoms with Crippen molar-refractivity contribution in [2.45, 2.75) is 33.8 Å². The van der Waals surface area contributed by atoms with Gasteiger partial charge in [0, 0.05) is 17.6 Å². The molecule has 3 aromatic rings. The summed E-state index contributed by atoms with van der Waals surface area (Å²) in [5, 5.41) is 11.4. The van der Waals surface area contributed by atoms with E-state index in [1.54, 1.807) is 0 Å². The lowest BCUT2D eigenvalue weighted by atomic mass is 10.2. The fourth-order valence-corrected chi connectivity index (χ4v) is 3.51. The van der Waals surface area contributed by atoms with Crippen LogP contribution in [0, 0.1) is 13.8 Å². The maximum atomic E-state index is 12.0. The molecule has 1 aromatic heterocycles. The van der Waals surface area contributed by atoms with Crippen LogP contribution >= 0.6 is 11.3 Å². The van der Waals surface area contributed by atoms with Crippen molar-refractivity contribution >= 4 is 29.1 Å². The maximum Gasteiger partial charge on any atom is 0.265 e. The number of aliphatic hydroxyl groups is 1. The molecule has 2 N–H and O–H groups in total. The SMILES string of the molecule is CCC=Nc1ccccc1C.Cc1cc(OCc2ccccc2)c(C(=O)NCCO)s1. The molecule has 1 amide bonds. The van der Waals surface area contributed by atoms with Crippen LogP contribution in [0.5, 0.6) is 5.75 Å². The number of benzene rings is 2. The Morgan fingerprint density at radius 1 is 1.13 bits per heavy atom. The summed E-state index contributed by atoms with van der Waals surface area (Å²) in [5.41, 5.74) is 3.37. The predicted octanol–water partition coefficient (Wildman–Crippen LogP) is 5.46. The van der Waals surface area contributed by atoms with Crippen molar-refractivity contribution in [2.75, 3.05) is 13.2 Å². The Kier molecular flexibility index (Phi) is 10.5. The van der Waals surface area contributed by atoms with Crippen LogP contribution in [0.1, 0.15) is 39.0 Å². The number of carbonyl (C=O) groups excluding carboxylic acids is 1. The van der Waals surface area contributed by atoms with Crippen molar-refractivity contribution in [3.63, 3.8) is 0 Å². The van der Waals surface area contributed by atoms with Gasteiger partial charge in [0.15, 0.2) is 0 Å². The molecule has 1 heterocycles. The Hall–Kier alpha value is -2.96. The molecular formula is C25H30N2O3S. The number of rotatable bonds is 8. The minimum absolute atomic E-state index is 0.0731. The third kappa shape index (κ3) is 8.36. The first-order chi connectivity index (χ1) is 15.0. The monoisotopic (exact) mass is 438 g/mol. The highest BCUT2D eigenvalue weighted by Crippen LogP contribution is 2.29. The molecule has 0 aliphatic rings. The molecule has 164 valence electrons. The van der Waals surface area contributed by atoms with Gasteiger partial charge in [0.1, 0.15) is 17.2 Å². The Labute approximate surface area is 188 Å². The lowest BCUT2D eigenvalue weighted by Crippen LogP contribution is -2.25. The van der Waals surface area contributed by atoms with E-state index in [-0.39, 0.29) is 19.1 Å². The molecule has 0 bridgehead atoms. The quantitative estimate of drug-likeness (QED) is 0.459. The highest BCUT2D eigenvalue weighted by Gasteiger charge is 2.16. The van der Waals surface area contributed by atoms with Gasteiger partial charge in [0.25, 0.3) is 5.91 Å². The fraction of sp³-hybridized carbons (Fsp3) is 0.280. The molecule has 0 spiro atoms. The zero-order valence-electron chi connectivity index (χ0n) is 18.3. The summed E-state index contributed by atoms with van der Waals surface area (Å²) in [7, 11) is 0. The Bertz CT molecular complexity index is 968. The highest BCUT2D eigenvalue weighted by atomic mass is 32.1. The van der Waals surface area contributed by atoms with Crippen LogP contribution < -0.4 is 10.1 Å². The average Bonchev–Trinajstić information content (AvgIpc) is 3.17. The van der Waals surface area contributed by atoms with Gasteiger partial charge in [-0.05, 0) is 43.5 Å². The van der Waals surface area contributed by atoms with Gasteiger partial charge in [-0.2, -0.15) is 0 Å². The summed E-state index contributed by atoms with van der Waals surface area (Å²) in [4.78, 5) is 17.8. The zero-order valence-corrected chi connectivity index (χ0v) is 19.1. The molecular weight excluding hydrogens is 408 g/mol. The number of nitrogens with zero attached hydrogens (tertiary/aromatic N) is 1. The van der Waals surface area contributed by atoms with Crippen molar-refractivity contribution in [2.24, 2.45) is 4.99 Å². The number of aliphatic imine (C=N–C) groups is 1. The molecule has 0 radical (unpaired) electrons. The van der Waals surface area contributed by atoms with Gasteiger partial charge in [-0.15, -0.1) is 11.3 Å². The smallest absolute Gasteiger partial charge is 0.265 e. The second-order valence-corrected chi connectivity index (χ2v) is 8.07. The highest BCUT2D eigenvalue weighted by molar-refractivity contribution is 7.14. The van der Waals surface area contributed by atoms with Crippen LogP contribution in [0.2, 0.25) is 0 Å². The number of thiophene rings is 1. The molecule has 0 atom stereocenters. The van der Waals surface area contributed by atoms with Crippen LogP contribution in [0.3, 0.4) is 0 Å². The van der Waals surface area contributed by atoms with E-state index in [4.69, 9.17) is 9.84 Å². The predicted molar refractivity (Wildman–Crippen MR) is 129 cm³/mol. The number of amides is 1. The van der Waals surface area contributed by atoms with Crippen LogP contribution in [0.4, 0.5) is 5.69 Å². The second kappa shape index (κ2) is 13.4. The normalized spacial score (nSPS) is 10.5. The summed E-state index contributed by atoms with van der Waals surface area (Å²) < 4.78 is 5.73. The first kappa shape index (κ1) is 24.3. The summed E-state index contributed by atoms with van der Waals surface area (Å²) in [5.74, 6) is 0.381. The number of hydrogen-bond donors (Lipinski definition) is 2. The molecule has 0 aliphatic carbocycles. The minimum Gasteiger partial charge on any atom is -0.487 e. The van der Waals surface area contributed by atoms with Crippen LogP contribution in [-0.4, -0.2) is 30.4 Å². The van der Waals surface area contributed by atoms with Crippen molar-refractivity contribution in [3.8, 4) is 5.75 Å². The van der Waals surface area contributed by atoms with E-state index in [0.717, 1.165) is 22.5 Å². The third-order valence-electron chi connectivity index (χ3n) is 4.19. The van der Waals surface area contributed by atoms with Gasteiger partial charge in [0.2, 0.25) is 0 Å². The van der Waals surface area contributed by atoms with Gasteiger partial charge in [-0.3, -0.25) is 9.79 Å². The summed E-state index contributed by atoms with van der Waals surface area (Å²) >= 11 is 1.39. The van der Waals surface area contributed by atoms with Gasteiger partial charge in [-0.25, -0.2) is 0 Å². The number of hydrogen-bond acceptors (Lipinski definition) is 5. The molecule has 3 rings (SSSR count). The third-order valence-corrected chi connectivity index (χ3v) is 5.22. The minimum atomic E-state index is -0.208. The maximum absolute atomic E-state index is 12.0. The first-order valence-electron chi connectivity index (χ1n) is 10.3. The Balaban J connectivity index is 0.000000262. The molecule has 6 heteroatoms. The molecule has 0 aliphatic heterocycles. The van der Waals surface area contributed by atoms with Gasteiger partial charge in [0.05, 0.1) is 12.3 Å². The van der Waals surface area contributed by atoms with Crippen LogP contribution in [0.25, 0.3) is 0 Å². The standard InChI is InChI=1S/C15H17NO3S.C10H13N/c1-11-9-13(14(20-11)15(18)16-7-8-17)19-10-12-5-3-2-4-6-12;1-3-8-11-10-7-5-4-6-9(10)2/h2-6,9,17H,7-8,10H2,1H3,(H,16,18);4-8H,3H2,1-2H3. The number of aliphatic hydroxyl groups excluding tert-OH is 1. The molecule has 0 unspecified atom stereocenters. The molecule has 0 saturated heterocycles. The van der Waals surface area contributed by atoms with Crippen molar-refractivity contribution in [1.29, 1.82) is 0 Å². The Morgan fingerprint density at radius 2 is 1.84 bits per heavy atom. The van der Waals surface area contributed by atoms with E-state index in [1.165, 1.54) is 16.9 Å². The van der Waals surface area contributed by atoms with Gasteiger partial charge in [-0.1, -0.05) is 55.5 Å². The zero-order chi connectivity index (χ0) is 22.5. The summed E-state index contributed by atoms with van der Waals surface area (Å²) in [6, 6.07) is 19.8. The summed E-state index contributed by atoms with van der Waals surface area (Å²) in [6.45, 7) is 6.69. The number of aryl methyl sites for hydroxylation is 2. The Morgan fingerprint density at radius 3 is 2.52 bits per heavy atom. The topological polar surface area (TPSA) is 70.9 Å². The lowest BCUT2D eigenvalue weighted by molar-refractivity contribution is 0.0945. The second-order valence-electron chi connectivity index (χ2n) is 6.81. The lowest BCUT2D eigenvalue weighted by Gasteiger charge is -2.07. The van der Waals surface area contributed by atoms with Gasteiger partial charge < -0.3 is 15.2 Å². The van der Waals surface area contributed by atoms with Gasteiger partial charge >= 0.3 is 0 Å². The molecule has 0 fully saturated rings. The number of nitrogens with one attached hydrogen (secondary N) is 1. The molecule has 2 aromatic carbocycles. The molecule has 31 heavy (non-hydrogen) atoms. The van der Waals surface area contributed by atoms with Crippen molar-refractivity contribution in [1.82, 2.24) is 5.32 Å². The number of para-hydroxylation sites is 1. The average molecular weight is 439 g/mol. The first-order valence-corrected chi connectivity index (χ1v) is 11.1. The van der Waals surface area contributed by atoms with Crippen LogP contribution in [-0.2, 0) is 6.61 Å². The van der Waals surface area contributed by atoms with E-state index in [2.05, 4.69) is 30.2 Å². The van der Waals surface area contributed by atoms with Crippen LogP contribution in [0.15, 0.2) is 65.7 Å². The van der Waals surface area contributed by atoms with E-state index in [1.807, 2.05) is 67.7 Å². The van der Waals surface area contributed by atoms with E-state index in [0.29, 0.717) is 17.2 Å². The number of ether oxygens (including phenoxy) is 1.